The predicted molar refractivity (Wildman–Crippen MR) is 67.8 cm³/mol. The van der Waals surface area contributed by atoms with Gasteiger partial charge in [-0.1, -0.05) is 4.85 Å². The molecule has 2 aromatic rings. The molecule has 0 saturated carbocycles. The molecule has 0 fully saturated rings. The summed E-state index contributed by atoms with van der Waals surface area (Å²) in [4.78, 5) is 24.0. The first kappa shape index (κ1) is 11.6. The van der Waals surface area contributed by atoms with Crippen LogP contribution in [0.3, 0.4) is 0 Å². The van der Waals surface area contributed by atoms with Crippen LogP contribution in [0.15, 0.2) is 10.9 Å². The van der Waals surface area contributed by atoms with Gasteiger partial charge in [0.25, 0.3) is 5.91 Å². The Labute approximate surface area is 107 Å². The molecule has 8 heteroatoms. The van der Waals surface area contributed by atoms with Crippen LogP contribution in [0.2, 0.25) is 0 Å². The van der Waals surface area contributed by atoms with E-state index in [2.05, 4.69) is 15.7 Å². The number of nitrogens with zero attached hydrogens (tertiary/aromatic N) is 3. The van der Waals surface area contributed by atoms with Gasteiger partial charge in [-0.05, 0) is 13.0 Å². The van der Waals surface area contributed by atoms with E-state index in [9.17, 15) is 14.8 Å². The number of fused-ring (bicyclic) bond motifs is 3. The Morgan fingerprint density at radius 1 is 1.53 bits per heavy atom. The second-order valence-electron chi connectivity index (χ2n) is 4.51. The largest absolute Gasteiger partial charge is 0.409 e. The maximum absolute atomic E-state index is 11.9. The average Bonchev–Trinajstić information content (AvgIpc) is 2.80. The molecule has 8 nitrogen and oxygen atoms in total. The summed E-state index contributed by atoms with van der Waals surface area (Å²) in [5.74, 6) is 0.116. The first-order valence-corrected chi connectivity index (χ1v) is 5.88. The van der Waals surface area contributed by atoms with E-state index >= 15 is 0 Å². The van der Waals surface area contributed by atoms with E-state index in [1.54, 1.807) is 11.6 Å². The van der Waals surface area contributed by atoms with Crippen molar-refractivity contribution >= 4 is 22.6 Å². The second-order valence-corrected chi connectivity index (χ2v) is 4.51. The van der Waals surface area contributed by atoms with E-state index in [4.69, 9.17) is 0 Å². The highest BCUT2D eigenvalue weighted by Crippen LogP contribution is 2.28. The van der Waals surface area contributed by atoms with Gasteiger partial charge in [-0.25, -0.2) is 0 Å². The SMILES string of the molecule is CNc1nn(O)c(=O)c2cc3n(c12)C(C)CNC3=O. The van der Waals surface area contributed by atoms with E-state index in [1.165, 1.54) is 6.07 Å². The Balaban J connectivity index is 2.50. The maximum atomic E-state index is 11.9. The van der Waals surface area contributed by atoms with Gasteiger partial charge >= 0.3 is 5.56 Å². The minimum atomic E-state index is -0.643. The third-order valence-corrected chi connectivity index (χ3v) is 3.34. The van der Waals surface area contributed by atoms with Crippen LogP contribution in [0.25, 0.3) is 10.9 Å². The number of carbonyl (C=O) groups excluding carboxylic acids is 1. The lowest BCUT2D eigenvalue weighted by atomic mass is 10.2. The molecule has 1 aliphatic rings. The molecule has 0 bridgehead atoms. The summed E-state index contributed by atoms with van der Waals surface area (Å²) in [6.45, 7) is 2.42. The van der Waals surface area contributed by atoms with Crippen LogP contribution in [-0.4, -0.2) is 39.2 Å². The lowest BCUT2D eigenvalue weighted by Gasteiger charge is -2.24. The summed E-state index contributed by atoms with van der Waals surface area (Å²) < 4.78 is 1.77. The lowest BCUT2D eigenvalue weighted by Crippen LogP contribution is -2.37. The third-order valence-electron chi connectivity index (χ3n) is 3.34. The molecule has 3 heterocycles. The lowest BCUT2D eigenvalue weighted by molar-refractivity contribution is 0.0919. The summed E-state index contributed by atoms with van der Waals surface area (Å²) in [5.41, 5.74) is 0.293. The van der Waals surface area contributed by atoms with Crippen molar-refractivity contribution in [3.05, 3.63) is 22.1 Å². The van der Waals surface area contributed by atoms with Gasteiger partial charge in [0, 0.05) is 19.6 Å². The number of aromatic nitrogens is 3. The summed E-state index contributed by atoms with van der Waals surface area (Å²) >= 11 is 0. The molecule has 1 unspecified atom stereocenters. The Hall–Kier alpha value is -2.51. The average molecular weight is 263 g/mol. The van der Waals surface area contributed by atoms with Gasteiger partial charge in [0.2, 0.25) is 0 Å². The second kappa shape index (κ2) is 3.74. The molecule has 0 spiro atoms. The van der Waals surface area contributed by atoms with Gasteiger partial charge in [-0.3, -0.25) is 9.59 Å². The summed E-state index contributed by atoms with van der Waals surface area (Å²) in [5, 5.41) is 19.1. The zero-order valence-electron chi connectivity index (χ0n) is 10.5. The molecular weight excluding hydrogens is 250 g/mol. The van der Waals surface area contributed by atoms with Crippen LogP contribution in [0.4, 0.5) is 5.82 Å². The standard InChI is InChI=1S/C11H13N5O3/c1-5-4-13-10(17)7-3-6-8(15(5)7)9(12-2)14-16(19)11(6)18/h3,5,19H,4H2,1-2H3,(H,12,14)(H,13,17). The molecule has 100 valence electrons. The highest BCUT2D eigenvalue weighted by atomic mass is 16.5. The van der Waals surface area contributed by atoms with Crippen LogP contribution in [0.5, 0.6) is 0 Å². The van der Waals surface area contributed by atoms with Crippen molar-refractivity contribution in [3.8, 4) is 0 Å². The molecule has 0 radical (unpaired) electrons. The van der Waals surface area contributed by atoms with E-state index in [0.717, 1.165) is 0 Å². The fraction of sp³-hybridized carbons (Fsp3) is 0.364. The molecule has 1 aliphatic heterocycles. The van der Waals surface area contributed by atoms with E-state index < -0.39 is 5.56 Å². The van der Waals surface area contributed by atoms with Crippen molar-refractivity contribution in [1.82, 2.24) is 19.8 Å². The normalized spacial score (nSPS) is 18.2. The van der Waals surface area contributed by atoms with Gasteiger partial charge in [0.1, 0.15) is 5.69 Å². The Bertz CT molecular complexity index is 745. The molecule has 3 N–H and O–H groups in total. The van der Waals surface area contributed by atoms with Crippen LogP contribution >= 0.6 is 0 Å². The van der Waals surface area contributed by atoms with Gasteiger partial charge in [0.15, 0.2) is 5.82 Å². The molecule has 0 aliphatic carbocycles. The third kappa shape index (κ3) is 1.42. The fourth-order valence-electron chi connectivity index (χ4n) is 2.45. The van der Waals surface area contributed by atoms with Gasteiger partial charge in [-0.2, -0.15) is 0 Å². The van der Waals surface area contributed by atoms with Gasteiger partial charge in [0.05, 0.1) is 10.9 Å². The molecule has 0 saturated heterocycles. The van der Waals surface area contributed by atoms with Crippen LogP contribution in [-0.2, 0) is 0 Å². The number of hydrogen-bond acceptors (Lipinski definition) is 5. The molecule has 19 heavy (non-hydrogen) atoms. The van der Waals surface area contributed by atoms with E-state index in [-0.39, 0.29) is 22.2 Å². The van der Waals surface area contributed by atoms with Gasteiger partial charge in [-0.15, -0.1) is 5.10 Å². The molecule has 0 aromatic carbocycles. The fourth-order valence-corrected chi connectivity index (χ4v) is 2.45. The minimum absolute atomic E-state index is 0.00745. The quantitative estimate of drug-likeness (QED) is 0.617. The first-order chi connectivity index (χ1) is 9.04. The predicted octanol–water partition coefficient (Wildman–Crippen LogP) is -0.219. The number of hydrogen-bond donors (Lipinski definition) is 3. The highest BCUT2D eigenvalue weighted by molar-refractivity contribution is 6.01. The van der Waals surface area contributed by atoms with Crippen LogP contribution < -0.4 is 16.2 Å². The van der Waals surface area contributed by atoms with Crippen molar-refractivity contribution in [2.24, 2.45) is 0 Å². The minimum Gasteiger partial charge on any atom is -0.409 e. The summed E-state index contributed by atoms with van der Waals surface area (Å²) in [6, 6.07) is 1.49. The zero-order valence-corrected chi connectivity index (χ0v) is 10.5. The maximum Gasteiger partial charge on any atom is 0.312 e. The number of nitrogens with one attached hydrogen (secondary N) is 2. The van der Waals surface area contributed by atoms with Crippen molar-refractivity contribution < 1.29 is 10.0 Å². The molecular formula is C11H13N5O3. The molecule has 2 aromatic heterocycles. The Kier molecular flexibility index (Phi) is 2.28. The van der Waals surface area contributed by atoms with E-state index in [0.29, 0.717) is 23.6 Å². The Morgan fingerprint density at radius 3 is 2.95 bits per heavy atom. The van der Waals surface area contributed by atoms with Crippen molar-refractivity contribution in [3.63, 3.8) is 0 Å². The zero-order chi connectivity index (χ0) is 13.7. The molecule has 3 rings (SSSR count). The highest BCUT2D eigenvalue weighted by Gasteiger charge is 2.27. The summed E-state index contributed by atoms with van der Waals surface area (Å²) in [6.07, 6.45) is 0. The number of anilines is 1. The monoisotopic (exact) mass is 263 g/mol. The first-order valence-electron chi connectivity index (χ1n) is 5.88. The molecule has 1 atom stereocenters. The van der Waals surface area contributed by atoms with Crippen LogP contribution in [0.1, 0.15) is 23.5 Å². The van der Waals surface area contributed by atoms with E-state index in [1.807, 2.05) is 6.92 Å². The molecule has 1 amide bonds. The van der Waals surface area contributed by atoms with Crippen molar-refractivity contribution in [2.75, 3.05) is 18.9 Å². The van der Waals surface area contributed by atoms with Gasteiger partial charge < -0.3 is 20.4 Å². The summed E-state index contributed by atoms with van der Waals surface area (Å²) in [7, 11) is 1.64. The van der Waals surface area contributed by atoms with Crippen molar-refractivity contribution in [2.45, 2.75) is 13.0 Å². The topological polar surface area (TPSA) is 101 Å². The number of amides is 1. The van der Waals surface area contributed by atoms with Crippen molar-refractivity contribution in [1.29, 1.82) is 0 Å². The smallest absolute Gasteiger partial charge is 0.312 e. The van der Waals surface area contributed by atoms with Crippen LogP contribution in [0, 0.1) is 0 Å². The number of carbonyl (C=O) groups is 1. The Morgan fingerprint density at radius 2 is 2.26 bits per heavy atom. The number of rotatable bonds is 1.